The van der Waals surface area contributed by atoms with E-state index in [4.69, 9.17) is 22.9 Å². The number of hydrogen-bond donors (Lipinski definition) is 5. The van der Waals surface area contributed by atoms with Crippen LogP contribution < -0.4 is 28.3 Å². The SMILES string of the molecule is CNC(N)(N)C(N)N. The van der Waals surface area contributed by atoms with Crippen LogP contribution in [0.2, 0.25) is 0 Å². The van der Waals surface area contributed by atoms with E-state index in [2.05, 4.69) is 5.32 Å². The average Bonchev–Trinajstić information content (AvgIpc) is 1.67. The van der Waals surface area contributed by atoms with E-state index in [9.17, 15) is 0 Å². The van der Waals surface area contributed by atoms with Crippen LogP contribution in [-0.4, -0.2) is 19.0 Å². The van der Waals surface area contributed by atoms with Crippen molar-refractivity contribution in [1.29, 1.82) is 0 Å². The summed E-state index contributed by atoms with van der Waals surface area (Å²) >= 11 is 0. The highest BCUT2D eigenvalue weighted by atomic mass is 15.3. The molecule has 0 aromatic carbocycles. The van der Waals surface area contributed by atoms with Gasteiger partial charge >= 0.3 is 0 Å². The summed E-state index contributed by atoms with van der Waals surface area (Å²) in [6.45, 7) is 0. The molecule has 0 atom stereocenters. The second-order valence-electron chi connectivity index (χ2n) is 1.71. The van der Waals surface area contributed by atoms with Crippen LogP contribution in [0.25, 0.3) is 0 Å². The van der Waals surface area contributed by atoms with E-state index in [0.29, 0.717) is 0 Å². The van der Waals surface area contributed by atoms with E-state index >= 15 is 0 Å². The minimum absolute atomic E-state index is 0.743. The highest BCUT2D eigenvalue weighted by molar-refractivity contribution is 4.79. The first kappa shape index (κ1) is 7.80. The van der Waals surface area contributed by atoms with E-state index in [1.807, 2.05) is 0 Å². The van der Waals surface area contributed by atoms with Crippen LogP contribution in [-0.2, 0) is 0 Å². The zero-order valence-corrected chi connectivity index (χ0v) is 4.89. The van der Waals surface area contributed by atoms with Crippen molar-refractivity contribution < 1.29 is 0 Å². The molecule has 8 heavy (non-hydrogen) atoms. The van der Waals surface area contributed by atoms with Gasteiger partial charge < -0.3 is 11.5 Å². The van der Waals surface area contributed by atoms with Gasteiger partial charge in [0.2, 0.25) is 0 Å². The summed E-state index contributed by atoms with van der Waals surface area (Å²) in [6.07, 6.45) is -0.743. The van der Waals surface area contributed by atoms with Gasteiger partial charge in [-0.05, 0) is 7.05 Å². The highest BCUT2D eigenvalue weighted by Gasteiger charge is 2.21. The summed E-state index contributed by atoms with van der Waals surface area (Å²) < 4.78 is 0. The Balaban J connectivity index is 3.71. The Morgan fingerprint density at radius 3 is 1.75 bits per heavy atom. The molecule has 0 aromatic rings. The van der Waals surface area contributed by atoms with Gasteiger partial charge in [0.1, 0.15) is 5.79 Å². The molecule has 0 aliphatic carbocycles. The van der Waals surface area contributed by atoms with Gasteiger partial charge in [-0.25, -0.2) is 0 Å². The lowest BCUT2D eigenvalue weighted by Gasteiger charge is -2.27. The van der Waals surface area contributed by atoms with Crippen molar-refractivity contribution in [3.05, 3.63) is 0 Å². The monoisotopic (exact) mass is 119 g/mol. The van der Waals surface area contributed by atoms with E-state index in [0.717, 1.165) is 0 Å². The van der Waals surface area contributed by atoms with Crippen LogP contribution in [0.5, 0.6) is 0 Å². The maximum atomic E-state index is 5.28. The van der Waals surface area contributed by atoms with Crippen molar-refractivity contribution in [2.45, 2.75) is 12.0 Å². The molecule has 5 nitrogen and oxygen atoms in total. The molecular formula is C3H13N5. The van der Waals surface area contributed by atoms with Crippen LogP contribution in [0.15, 0.2) is 0 Å². The lowest BCUT2D eigenvalue weighted by Crippen LogP contribution is -2.73. The molecule has 0 aliphatic heterocycles. The topological polar surface area (TPSA) is 116 Å². The summed E-state index contributed by atoms with van der Waals surface area (Å²) in [7, 11) is 1.59. The van der Waals surface area contributed by atoms with E-state index in [1.54, 1.807) is 7.05 Å². The second kappa shape index (κ2) is 2.38. The van der Waals surface area contributed by atoms with Gasteiger partial charge in [-0.3, -0.25) is 16.8 Å². The summed E-state index contributed by atoms with van der Waals surface area (Å²) in [6, 6.07) is 0. The molecule has 0 unspecified atom stereocenters. The predicted octanol–water partition coefficient (Wildman–Crippen LogP) is -2.98. The molecular weight excluding hydrogens is 106 g/mol. The normalized spacial score (nSPS) is 12.8. The Kier molecular flexibility index (Phi) is 2.32. The number of likely N-dealkylation sites (N-methyl/N-ethyl adjacent to an activating group) is 1. The number of nitrogens with two attached hydrogens (primary N) is 4. The van der Waals surface area contributed by atoms with Crippen molar-refractivity contribution in [1.82, 2.24) is 5.32 Å². The van der Waals surface area contributed by atoms with Crippen LogP contribution >= 0.6 is 0 Å². The molecule has 0 radical (unpaired) electrons. The van der Waals surface area contributed by atoms with Crippen molar-refractivity contribution in [3.63, 3.8) is 0 Å². The van der Waals surface area contributed by atoms with Gasteiger partial charge in [-0.15, -0.1) is 0 Å². The quantitative estimate of drug-likeness (QED) is 0.249. The van der Waals surface area contributed by atoms with Crippen LogP contribution in [0.1, 0.15) is 0 Å². The van der Waals surface area contributed by atoms with Crippen LogP contribution in [0.4, 0.5) is 0 Å². The van der Waals surface area contributed by atoms with E-state index in [-0.39, 0.29) is 0 Å². The Bertz CT molecular complexity index is 68.1. The lowest BCUT2D eigenvalue weighted by atomic mass is 10.3. The van der Waals surface area contributed by atoms with Gasteiger partial charge in [-0.1, -0.05) is 0 Å². The number of rotatable bonds is 2. The minimum Gasteiger partial charge on any atom is -0.312 e. The lowest BCUT2D eigenvalue weighted by molar-refractivity contribution is 0.309. The molecule has 9 N–H and O–H groups in total. The second-order valence-corrected chi connectivity index (χ2v) is 1.71. The third-order valence-electron chi connectivity index (χ3n) is 0.985. The van der Waals surface area contributed by atoms with E-state index < -0.39 is 12.0 Å². The third-order valence-corrected chi connectivity index (χ3v) is 0.985. The van der Waals surface area contributed by atoms with Gasteiger partial charge in [0.05, 0.1) is 6.17 Å². The fourth-order valence-electron chi connectivity index (χ4n) is 0.167. The summed E-state index contributed by atoms with van der Waals surface area (Å²) in [5.41, 5.74) is 20.8. The molecule has 0 amide bonds. The summed E-state index contributed by atoms with van der Waals surface area (Å²) in [4.78, 5) is 0. The fourth-order valence-corrected chi connectivity index (χ4v) is 0.167. The minimum atomic E-state index is -1.15. The predicted molar refractivity (Wildman–Crippen MR) is 32.3 cm³/mol. The van der Waals surface area contributed by atoms with Gasteiger partial charge in [-0.2, -0.15) is 0 Å². The van der Waals surface area contributed by atoms with Crippen molar-refractivity contribution in [2.24, 2.45) is 22.9 Å². The average molecular weight is 119 g/mol. The zero-order chi connectivity index (χ0) is 6.78. The summed E-state index contributed by atoms with van der Waals surface area (Å²) in [5, 5.41) is 2.55. The molecule has 50 valence electrons. The first-order chi connectivity index (χ1) is 3.50. The molecule has 0 rings (SSSR count). The van der Waals surface area contributed by atoms with Crippen molar-refractivity contribution >= 4 is 0 Å². The Morgan fingerprint density at radius 1 is 1.38 bits per heavy atom. The summed E-state index contributed by atoms with van der Waals surface area (Å²) in [5.74, 6) is -1.15. The van der Waals surface area contributed by atoms with Crippen LogP contribution in [0, 0.1) is 0 Å². The third kappa shape index (κ3) is 1.73. The molecule has 0 saturated carbocycles. The Labute approximate surface area is 48.4 Å². The van der Waals surface area contributed by atoms with E-state index in [1.165, 1.54) is 0 Å². The molecule has 0 saturated heterocycles. The van der Waals surface area contributed by atoms with Gasteiger partial charge in [0.25, 0.3) is 0 Å². The van der Waals surface area contributed by atoms with Crippen molar-refractivity contribution in [2.75, 3.05) is 7.05 Å². The smallest absolute Gasteiger partial charge is 0.147 e. The maximum absolute atomic E-state index is 5.28. The fraction of sp³-hybridized carbons (Fsp3) is 1.00. The Morgan fingerprint density at radius 2 is 1.75 bits per heavy atom. The molecule has 0 fully saturated rings. The first-order valence-corrected chi connectivity index (χ1v) is 2.28. The standard InChI is InChI=1S/C3H13N5/c1-8-3(6,7)2(4)5/h2,8H,4-7H2,1H3. The molecule has 5 heteroatoms. The number of nitrogens with one attached hydrogen (secondary N) is 1. The molecule has 0 aliphatic rings. The molecule has 0 heterocycles. The molecule has 0 spiro atoms. The molecule has 0 aromatic heterocycles. The zero-order valence-electron chi connectivity index (χ0n) is 4.89. The first-order valence-electron chi connectivity index (χ1n) is 2.28. The van der Waals surface area contributed by atoms with Crippen molar-refractivity contribution in [3.8, 4) is 0 Å². The molecule has 0 bridgehead atoms. The Hall–Kier alpha value is -0.200. The largest absolute Gasteiger partial charge is 0.312 e. The van der Waals surface area contributed by atoms with Crippen LogP contribution in [0.3, 0.4) is 0 Å². The number of hydrogen-bond acceptors (Lipinski definition) is 5. The highest BCUT2D eigenvalue weighted by Crippen LogP contribution is 1.79. The van der Waals surface area contributed by atoms with Gasteiger partial charge in [0.15, 0.2) is 0 Å². The van der Waals surface area contributed by atoms with Gasteiger partial charge in [0, 0.05) is 0 Å². The maximum Gasteiger partial charge on any atom is 0.147 e.